The number of hydrogen-bond acceptors (Lipinski definition) is 12. The van der Waals surface area contributed by atoms with Gasteiger partial charge in [0.25, 0.3) is 20.2 Å². The predicted molar refractivity (Wildman–Crippen MR) is 107 cm³/mol. The standard InChI is InChI=1S/C14H28O12P2S2/c1-13(9-23-29(17,18)11-13)25-27(15,21-3)7-5-6-8-28(16,22-4)26-14(2)10-24-30(19,20)12-14/h5-12H2,1-4H3. The summed E-state index contributed by atoms with van der Waals surface area (Å²) in [5, 5.41) is 0. The van der Waals surface area contributed by atoms with Crippen LogP contribution >= 0.6 is 15.2 Å². The molecule has 2 aliphatic heterocycles. The lowest BCUT2D eigenvalue weighted by molar-refractivity contribution is 0.0635. The molecule has 0 spiro atoms. The molecule has 16 heteroatoms. The van der Waals surface area contributed by atoms with Crippen LogP contribution in [-0.2, 0) is 55.8 Å². The van der Waals surface area contributed by atoms with Crippen molar-refractivity contribution in [3.05, 3.63) is 0 Å². The van der Waals surface area contributed by atoms with Crippen LogP contribution < -0.4 is 0 Å². The van der Waals surface area contributed by atoms with E-state index in [0.717, 1.165) is 0 Å². The highest BCUT2D eigenvalue weighted by atomic mass is 32.2. The molecule has 0 bridgehead atoms. The fourth-order valence-corrected chi connectivity index (χ4v) is 9.56. The fourth-order valence-electron chi connectivity index (χ4n) is 3.08. The first-order chi connectivity index (χ1) is 13.6. The van der Waals surface area contributed by atoms with E-state index in [1.54, 1.807) is 0 Å². The van der Waals surface area contributed by atoms with Gasteiger partial charge in [0.15, 0.2) is 0 Å². The Labute approximate surface area is 177 Å². The molecular weight excluding hydrogens is 486 g/mol. The van der Waals surface area contributed by atoms with E-state index in [-0.39, 0.29) is 38.4 Å². The van der Waals surface area contributed by atoms with Crippen molar-refractivity contribution in [2.24, 2.45) is 0 Å². The van der Waals surface area contributed by atoms with Crippen molar-refractivity contribution in [3.8, 4) is 0 Å². The summed E-state index contributed by atoms with van der Waals surface area (Å²) in [4.78, 5) is 0. The highest BCUT2D eigenvalue weighted by Gasteiger charge is 2.47. The Morgan fingerprint density at radius 3 is 1.33 bits per heavy atom. The van der Waals surface area contributed by atoms with Crippen LogP contribution in [0.1, 0.15) is 26.7 Å². The summed E-state index contributed by atoms with van der Waals surface area (Å²) in [6.45, 7) is 2.40. The van der Waals surface area contributed by atoms with Crippen LogP contribution in [0.4, 0.5) is 0 Å². The Balaban J connectivity index is 1.89. The average Bonchev–Trinajstić information content (AvgIpc) is 3.05. The summed E-state index contributed by atoms with van der Waals surface area (Å²) in [6.07, 6.45) is 0.378. The minimum Gasteiger partial charge on any atom is -0.312 e. The Morgan fingerprint density at radius 2 is 1.10 bits per heavy atom. The zero-order valence-corrected chi connectivity index (χ0v) is 20.7. The third kappa shape index (κ3) is 7.33. The van der Waals surface area contributed by atoms with Crippen LogP contribution in [0.3, 0.4) is 0 Å². The minimum absolute atomic E-state index is 0.0579. The Bertz CT molecular complexity index is 857. The van der Waals surface area contributed by atoms with Crippen LogP contribution in [0.5, 0.6) is 0 Å². The first-order valence-corrected chi connectivity index (χ1v) is 15.6. The van der Waals surface area contributed by atoms with Gasteiger partial charge >= 0.3 is 15.2 Å². The van der Waals surface area contributed by atoms with Crippen LogP contribution in [0.2, 0.25) is 0 Å². The van der Waals surface area contributed by atoms with Gasteiger partial charge in [-0.2, -0.15) is 16.8 Å². The molecule has 0 N–H and O–H groups in total. The molecule has 2 fully saturated rings. The highest BCUT2D eigenvalue weighted by Crippen LogP contribution is 2.55. The minimum atomic E-state index is -3.73. The topological polar surface area (TPSA) is 158 Å². The lowest BCUT2D eigenvalue weighted by Crippen LogP contribution is -2.33. The van der Waals surface area contributed by atoms with Gasteiger partial charge in [-0.15, -0.1) is 0 Å². The lowest BCUT2D eigenvalue weighted by atomic mass is 10.2. The van der Waals surface area contributed by atoms with Gasteiger partial charge in [-0.05, 0) is 26.7 Å². The molecule has 2 saturated heterocycles. The van der Waals surface area contributed by atoms with Gasteiger partial charge in [0.05, 0.1) is 25.5 Å². The van der Waals surface area contributed by atoms with E-state index < -0.39 is 58.1 Å². The Morgan fingerprint density at radius 1 is 0.767 bits per heavy atom. The number of unbranched alkanes of at least 4 members (excludes halogenated alkanes) is 1. The van der Waals surface area contributed by atoms with E-state index >= 15 is 0 Å². The smallest absolute Gasteiger partial charge is 0.312 e. The van der Waals surface area contributed by atoms with Crippen molar-refractivity contribution in [3.63, 3.8) is 0 Å². The SMILES string of the molecule is COP(=O)(CCCCP(=O)(OC)OC1(C)COS(=O)(=O)C1)OC1(C)COS(=O)(=O)C1. The molecule has 0 aromatic rings. The van der Waals surface area contributed by atoms with Crippen molar-refractivity contribution < 1.29 is 52.4 Å². The quantitative estimate of drug-likeness (QED) is 0.224. The molecule has 2 heterocycles. The summed E-state index contributed by atoms with van der Waals surface area (Å²) in [7, 11) is -12.4. The molecule has 0 aromatic carbocycles. The Hall–Kier alpha value is 0.120. The highest BCUT2D eigenvalue weighted by molar-refractivity contribution is 7.87. The van der Waals surface area contributed by atoms with Gasteiger partial charge in [0.1, 0.15) is 22.7 Å². The van der Waals surface area contributed by atoms with Crippen LogP contribution in [0.25, 0.3) is 0 Å². The van der Waals surface area contributed by atoms with E-state index in [4.69, 9.17) is 18.1 Å². The largest absolute Gasteiger partial charge is 0.331 e. The molecule has 178 valence electrons. The summed E-state index contributed by atoms with van der Waals surface area (Å²) in [5.41, 5.74) is -2.59. The molecule has 0 aromatic heterocycles. The zero-order chi connectivity index (χ0) is 22.9. The second kappa shape index (κ2) is 9.17. The second-order valence-electron chi connectivity index (χ2n) is 7.75. The summed E-state index contributed by atoms with van der Waals surface area (Å²) in [6, 6.07) is 0. The maximum Gasteiger partial charge on any atom is 0.331 e. The number of hydrogen-bond donors (Lipinski definition) is 0. The molecule has 4 unspecified atom stereocenters. The van der Waals surface area contributed by atoms with Crippen LogP contribution in [0, 0.1) is 0 Å². The first-order valence-electron chi connectivity index (χ1n) is 9.02. The summed E-state index contributed by atoms with van der Waals surface area (Å²) in [5.74, 6) is -0.882. The third-order valence-electron chi connectivity index (χ3n) is 4.44. The van der Waals surface area contributed by atoms with Gasteiger partial charge < -0.3 is 9.05 Å². The monoisotopic (exact) mass is 514 g/mol. The molecular formula is C14H28O12P2S2. The predicted octanol–water partition coefficient (Wildman–Crippen LogP) is 1.72. The van der Waals surface area contributed by atoms with Gasteiger partial charge in [-0.1, -0.05) is 0 Å². The number of rotatable bonds is 11. The van der Waals surface area contributed by atoms with Crippen molar-refractivity contribution in [2.45, 2.75) is 37.9 Å². The fraction of sp³-hybridized carbons (Fsp3) is 1.00. The molecule has 30 heavy (non-hydrogen) atoms. The summed E-state index contributed by atoms with van der Waals surface area (Å²) >= 11 is 0. The maximum absolute atomic E-state index is 12.8. The molecule has 0 saturated carbocycles. The van der Waals surface area contributed by atoms with Crippen molar-refractivity contribution in [1.82, 2.24) is 0 Å². The van der Waals surface area contributed by atoms with Gasteiger partial charge in [0.2, 0.25) is 0 Å². The normalized spacial score (nSPS) is 34.4. The van der Waals surface area contributed by atoms with Crippen molar-refractivity contribution >= 4 is 35.4 Å². The van der Waals surface area contributed by atoms with E-state index in [2.05, 4.69) is 8.37 Å². The van der Waals surface area contributed by atoms with E-state index in [0.29, 0.717) is 0 Å². The van der Waals surface area contributed by atoms with Crippen molar-refractivity contribution in [2.75, 3.05) is 51.3 Å². The van der Waals surface area contributed by atoms with Crippen LogP contribution in [-0.4, -0.2) is 79.3 Å². The second-order valence-corrected chi connectivity index (χ2v) is 15.5. The van der Waals surface area contributed by atoms with Gasteiger partial charge in [0, 0.05) is 14.2 Å². The molecule has 2 rings (SSSR count). The average molecular weight is 514 g/mol. The summed E-state index contributed by atoms with van der Waals surface area (Å²) < 4.78 is 102. The van der Waals surface area contributed by atoms with E-state index in [1.165, 1.54) is 28.1 Å². The van der Waals surface area contributed by atoms with Crippen molar-refractivity contribution in [1.29, 1.82) is 0 Å². The molecule has 0 aliphatic carbocycles. The Kier molecular flexibility index (Phi) is 8.06. The zero-order valence-electron chi connectivity index (χ0n) is 17.3. The van der Waals surface area contributed by atoms with E-state index in [9.17, 15) is 26.0 Å². The third-order valence-corrected chi connectivity index (χ3v) is 11.6. The molecule has 2 aliphatic rings. The lowest BCUT2D eigenvalue weighted by Gasteiger charge is -2.28. The molecule has 12 nitrogen and oxygen atoms in total. The maximum atomic E-state index is 12.8. The van der Waals surface area contributed by atoms with Gasteiger partial charge in [-0.25, -0.2) is 0 Å². The molecule has 0 amide bonds. The molecule has 0 radical (unpaired) electrons. The molecule has 4 atom stereocenters. The van der Waals surface area contributed by atoms with E-state index in [1.807, 2.05) is 0 Å². The first kappa shape index (κ1) is 26.4. The van der Waals surface area contributed by atoms with Crippen LogP contribution in [0.15, 0.2) is 0 Å². The van der Waals surface area contributed by atoms with Gasteiger partial charge in [-0.3, -0.25) is 26.5 Å².